The molecule has 1 fully saturated rings. The van der Waals surface area contributed by atoms with Gasteiger partial charge in [0.25, 0.3) is 0 Å². The van der Waals surface area contributed by atoms with Crippen LogP contribution in [-0.4, -0.2) is 190 Å². The van der Waals surface area contributed by atoms with E-state index in [9.17, 15) is 24.3 Å². The van der Waals surface area contributed by atoms with Gasteiger partial charge in [-0.15, -0.1) is 0 Å². The molecule has 1 aromatic rings. The molecule has 16 nitrogen and oxygen atoms in total. The third kappa shape index (κ3) is 21.4. The third-order valence-corrected chi connectivity index (χ3v) is 10.8. The van der Waals surface area contributed by atoms with Crippen LogP contribution in [0.5, 0.6) is 5.75 Å². The molecule has 63 heavy (non-hydrogen) atoms. The number of carboxylic acid groups (broad SMARTS) is 1. The van der Waals surface area contributed by atoms with Gasteiger partial charge in [0.05, 0.1) is 64.6 Å². The fourth-order valence-corrected chi connectivity index (χ4v) is 7.17. The van der Waals surface area contributed by atoms with Crippen LogP contribution < -0.4 is 4.74 Å². The van der Waals surface area contributed by atoms with Crippen molar-refractivity contribution in [2.75, 3.05) is 100 Å². The van der Waals surface area contributed by atoms with E-state index in [4.69, 9.17) is 33.2 Å². The number of carbonyl (C=O) groups excluding carboxylic acids is 3. The number of unbranched alkanes of at least 4 members (excludes halogenated alkanes) is 1. The molecule has 0 radical (unpaired) electrons. The number of rotatable bonds is 22. The zero-order valence-electron chi connectivity index (χ0n) is 40.9. The van der Waals surface area contributed by atoms with Crippen LogP contribution in [0.1, 0.15) is 100 Å². The van der Waals surface area contributed by atoms with Crippen molar-refractivity contribution in [3.63, 3.8) is 0 Å². The van der Waals surface area contributed by atoms with Crippen LogP contribution in [0.3, 0.4) is 0 Å². The van der Waals surface area contributed by atoms with Crippen molar-refractivity contribution in [2.45, 2.75) is 142 Å². The minimum atomic E-state index is -0.969. The largest absolute Gasteiger partial charge is 0.494 e. The molecule has 0 amide bonds. The maximum Gasteiger partial charge on any atom is 0.325 e. The molecular formula is C47H82N4O12. The van der Waals surface area contributed by atoms with E-state index in [0.717, 1.165) is 24.2 Å². The van der Waals surface area contributed by atoms with Gasteiger partial charge in [-0.2, -0.15) is 0 Å². The van der Waals surface area contributed by atoms with Gasteiger partial charge < -0.3 is 38.3 Å². The number of benzene rings is 1. The Labute approximate surface area is 378 Å². The summed E-state index contributed by atoms with van der Waals surface area (Å²) in [6.45, 7) is 22.1. The third-order valence-electron chi connectivity index (χ3n) is 10.8. The first-order valence-electron chi connectivity index (χ1n) is 22.6. The summed E-state index contributed by atoms with van der Waals surface area (Å²) in [5, 5.41) is 10.9. The topological polar surface area (TPSA) is 166 Å². The first-order valence-corrected chi connectivity index (χ1v) is 22.6. The van der Waals surface area contributed by atoms with Crippen LogP contribution in [-0.2, 0) is 54.0 Å². The lowest BCUT2D eigenvalue weighted by Gasteiger charge is -2.41. The molecule has 0 saturated carbocycles. The smallest absolute Gasteiger partial charge is 0.325 e. The normalized spacial score (nSPS) is 18.0. The van der Waals surface area contributed by atoms with E-state index in [1.807, 2.05) is 106 Å². The van der Waals surface area contributed by atoms with Crippen LogP contribution >= 0.6 is 0 Å². The Morgan fingerprint density at radius 1 is 0.587 bits per heavy atom. The maximum atomic E-state index is 13.6. The summed E-state index contributed by atoms with van der Waals surface area (Å²) >= 11 is 0. The summed E-state index contributed by atoms with van der Waals surface area (Å²) in [5.41, 5.74) is -0.637. The molecule has 362 valence electrons. The second-order valence-electron chi connectivity index (χ2n) is 19.1. The molecule has 0 spiro atoms. The molecule has 0 aliphatic carbocycles. The Balaban J connectivity index is 2.68. The Morgan fingerprint density at radius 3 is 1.27 bits per heavy atom. The average molecular weight is 895 g/mol. The van der Waals surface area contributed by atoms with Crippen LogP contribution in [0.4, 0.5) is 0 Å². The molecule has 1 aliphatic rings. The molecule has 0 unspecified atom stereocenters. The molecule has 0 aromatic heterocycles. The quantitative estimate of drug-likeness (QED) is 0.0945. The second-order valence-corrected chi connectivity index (χ2v) is 19.1. The van der Waals surface area contributed by atoms with Crippen LogP contribution in [0, 0.1) is 0 Å². The second kappa shape index (κ2) is 27.2. The molecule has 4 atom stereocenters. The van der Waals surface area contributed by atoms with Crippen molar-refractivity contribution in [1.29, 1.82) is 0 Å². The molecule has 1 saturated heterocycles. The predicted molar refractivity (Wildman–Crippen MR) is 242 cm³/mol. The first-order chi connectivity index (χ1) is 29.5. The van der Waals surface area contributed by atoms with Crippen molar-refractivity contribution in [2.24, 2.45) is 0 Å². The number of ether oxygens (including phenoxy) is 7. The van der Waals surface area contributed by atoms with E-state index >= 15 is 0 Å². The number of aliphatic carboxylic acids is 1. The molecule has 0 bridgehead atoms. The van der Waals surface area contributed by atoms with E-state index in [2.05, 4.69) is 6.92 Å². The number of carboxylic acids is 1. The van der Waals surface area contributed by atoms with Crippen LogP contribution in [0.15, 0.2) is 24.3 Å². The van der Waals surface area contributed by atoms with E-state index in [1.54, 1.807) is 0 Å². The van der Waals surface area contributed by atoms with Crippen LogP contribution in [0.2, 0.25) is 0 Å². The highest BCUT2D eigenvalue weighted by Gasteiger charge is 2.37. The van der Waals surface area contributed by atoms with Crippen molar-refractivity contribution in [3.05, 3.63) is 29.8 Å². The summed E-state index contributed by atoms with van der Waals surface area (Å²) < 4.78 is 40.4. The standard InChI is InChI=1S/C47H82N4O12/c1-14-15-30-60-36-20-16-18-35(31-36)19-17-21-37(41(52)53)48-22-24-49(38(42(54)57-11)32-61-45(2,3)4)26-28-51(40(44(56)59-13)34-63-47(8,9)10)29-27-50(25-23-48)39(43(55)58-12)33-62-46(5,6)7/h16,18,20,31,37-40H,14-15,17,19,21-30,32-34H2,1-13H3,(H,52,53)/t37-,38-,39-,40-/m0/s1. The molecule has 16 heteroatoms. The molecule has 1 aliphatic heterocycles. The summed E-state index contributed by atoms with van der Waals surface area (Å²) in [4.78, 5) is 61.8. The van der Waals surface area contributed by atoms with Gasteiger partial charge in [0.2, 0.25) is 0 Å². The van der Waals surface area contributed by atoms with Gasteiger partial charge in [-0.05, 0) is 106 Å². The fourth-order valence-electron chi connectivity index (χ4n) is 7.17. The van der Waals surface area contributed by atoms with Gasteiger partial charge >= 0.3 is 23.9 Å². The SMILES string of the molecule is CCCCOc1cccc(CCC[C@@H](C(=O)O)N2CCN([C@@H](COC(C)(C)C)C(=O)OC)CCN([C@@H](COC(C)(C)C)C(=O)OC)CCN([C@@H](COC(C)(C)C)C(=O)OC)CC2)c1. The van der Waals surface area contributed by atoms with Gasteiger partial charge in [0.15, 0.2) is 0 Å². The van der Waals surface area contributed by atoms with Crippen molar-refractivity contribution in [1.82, 2.24) is 19.6 Å². The lowest BCUT2D eigenvalue weighted by molar-refractivity contribution is -0.157. The molecule has 1 heterocycles. The zero-order valence-corrected chi connectivity index (χ0v) is 40.9. The average Bonchev–Trinajstić information content (AvgIpc) is 3.20. The maximum absolute atomic E-state index is 13.6. The van der Waals surface area contributed by atoms with Crippen molar-refractivity contribution < 1.29 is 57.4 Å². The summed E-state index contributed by atoms with van der Waals surface area (Å²) in [5.74, 6) is -1.65. The van der Waals surface area contributed by atoms with E-state index < -0.39 is 64.8 Å². The van der Waals surface area contributed by atoms with Crippen molar-refractivity contribution in [3.8, 4) is 5.75 Å². The fraction of sp³-hybridized carbons (Fsp3) is 0.787. The minimum Gasteiger partial charge on any atom is -0.494 e. The zero-order chi connectivity index (χ0) is 47.4. The summed E-state index contributed by atoms with van der Waals surface area (Å²) in [6.07, 6.45) is 3.59. The van der Waals surface area contributed by atoms with E-state index in [1.165, 1.54) is 21.3 Å². The predicted octanol–water partition coefficient (Wildman–Crippen LogP) is 4.93. The number of methoxy groups -OCH3 is 3. The number of carbonyl (C=O) groups is 4. The molecule has 1 aromatic carbocycles. The Morgan fingerprint density at radius 2 is 0.952 bits per heavy atom. The molecule has 1 N–H and O–H groups in total. The summed E-state index contributed by atoms with van der Waals surface area (Å²) in [7, 11) is 4.01. The lowest BCUT2D eigenvalue weighted by atomic mass is 10.0. The number of hydrogen-bond acceptors (Lipinski definition) is 15. The number of aryl methyl sites for hydroxylation is 1. The monoisotopic (exact) mass is 895 g/mol. The Kier molecular flexibility index (Phi) is 24.1. The highest BCUT2D eigenvalue weighted by atomic mass is 16.5. The van der Waals surface area contributed by atoms with Gasteiger partial charge in [-0.3, -0.25) is 38.8 Å². The number of nitrogens with zero attached hydrogens (tertiary/aromatic N) is 4. The highest BCUT2D eigenvalue weighted by Crippen LogP contribution is 2.21. The first kappa shape index (κ1) is 55.8. The number of hydrogen-bond donors (Lipinski definition) is 1. The highest BCUT2D eigenvalue weighted by molar-refractivity contribution is 5.77. The summed E-state index contributed by atoms with van der Waals surface area (Å²) in [6, 6.07) is 4.53. The molecule has 2 rings (SSSR count). The van der Waals surface area contributed by atoms with Gasteiger partial charge in [-0.1, -0.05) is 25.5 Å². The van der Waals surface area contributed by atoms with Gasteiger partial charge in [0.1, 0.15) is 29.9 Å². The van der Waals surface area contributed by atoms with Crippen molar-refractivity contribution >= 4 is 23.9 Å². The number of esters is 3. The Bertz CT molecular complexity index is 1470. The van der Waals surface area contributed by atoms with Gasteiger partial charge in [0, 0.05) is 52.4 Å². The van der Waals surface area contributed by atoms with E-state index in [0.29, 0.717) is 25.9 Å². The Hall–Kier alpha value is -3.38. The van der Waals surface area contributed by atoms with Crippen LogP contribution in [0.25, 0.3) is 0 Å². The van der Waals surface area contributed by atoms with Gasteiger partial charge in [-0.25, -0.2) is 0 Å². The molecular weight excluding hydrogens is 813 g/mol. The lowest BCUT2D eigenvalue weighted by Crippen LogP contribution is -2.58. The van der Waals surface area contributed by atoms with E-state index in [-0.39, 0.29) is 72.2 Å². The minimum absolute atomic E-state index is 0.0235.